The number of carbonyl (C=O) groups excluding carboxylic acids is 1. The van der Waals surface area contributed by atoms with Gasteiger partial charge in [-0.05, 0) is 41.5 Å². The van der Waals surface area contributed by atoms with E-state index in [1.54, 1.807) is 36.5 Å². The van der Waals surface area contributed by atoms with Crippen LogP contribution in [-0.2, 0) is 11.3 Å². The first-order valence-electron chi connectivity index (χ1n) is 7.95. The lowest BCUT2D eigenvalue weighted by Gasteiger charge is -2.10. The number of nitrogens with one attached hydrogen (secondary N) is 1. The zero-order chi connectivity index (χ0) is 18.7. The van der Waals surface area contributed by atoms with E-state index < -0.39 is 5.82 Å². The maximum absolute atomic E-state index is 14.0. The van der Waals surface area contributed by atoms with Crippen molar-refractivity contribution in [2.24, 2.45) is 0 Å². The van der Waals surface area contributed by atoms with Crippen molar-refractivity contribution in [2.75, 3.05) is 5.32 Å². The van der Waals surface area contributed by atoms with Gasteiger partial charge in [0.2, 0.25) is 5.91 Å². The van der Waals surface area contributed by atoms with Gasteiger partial charge in [-0.1, -0.05) is 29.8 Å². The van der Waals surface area contributed by atoms with Gasteiger partial charge in [0.05, 0.1) is 6.54 Å². The second-order valence-corrected chi connectivity index (χ2v) is 6.31. The second-order valence-electron chi connectivity index (χ2n) is 5.88. The number of benzene rings is 2. The van der Waals surface area contributed by atoms with Crippen LogP contribution in [0.5, 0.6) is 0 Å². The summed E-state index contributed by atoms with van der Waals surface area (Å²) in [6.45, 7) is 1.55. The van der Waals surface area contributed by atoms with Gasteiger partial charge in [-0.15, -0.1) is 0 Å². The Hall–Kier alpha value is -2.92. The number of nitrogens with zero attached hydrogens (tertiary/aromatic N) is 1. The Morgan fingerprint density at radius 2 is 1.77 bits per heavy atom. The summed E-state index contributed by atoms with van der Waals surface area (Å²) in [4.78, 5) is 23.2. The molecule has 0 spiro atoms. The number of amides is 1. The number of halogens is 2. The third kappa shape index (κ3) is 4.18. The van der Waals surface area contributed by atoms with E-state index in [1.165, 1.54) is 23.6 Å². The molecule has 0 atom stereocenters. The molecule has 0 aliphatic rings. The molecule has 1 amide bonds. The Kier molecular flexibility index (Phi) is 5.19. The van der Waals surface area contributed by atoms with Crippen molar-refractivity contribution in [1.82, 2.24) is 4.57 Å². The van der Waals surface area contributed by atoms with E-state index in [1.807, 2.05) is 12.1 Å². The smallest absolute Gasteiger partial charge is 0.250 e. The fraction of sp³-hybridized carbons (Fsp3) is 0.100. The topological polar surface area (TPSA) is 51.1 Å². The summed E-state index contributed by atoms with van der Waals surface area (Å²) in [6.07, 6.45) is 1.68. The van der Waals surface area contributed by atoms with Crippen LogP contribution in [0.4, 0.5) is 10.1 Å². The zero-order valence-corrected chi connectivity index (χ0v) is 14.8. The van der Waals surface area contributed by atoms with Gasteiger partial charge in [-0.3, -0.25) is 9.59 Å². The van der Waals surface area contributed by atoms with Gasteiger partial charge < -0.3 is 9.88 Å². The summed E-state index contributed by atoms with van der Waals surface area (Å²) in [5, 5.41) is 3.01. The van der Waals surface area contributed by atoms with E-state index in [0.29, 0.717) is 16.3 Å². The lowest BCUT2D eigenvalue weighted by Crippen LogP contribution is -2.19. The van der Waals surface area contributed by atoms with E-state index >= 15 is 0 Å². The Bertz CT molecular complexity index is 1010. The summed E-state index contributed by atoms with van der Waals surface area (Å²) in [5.41, 5.74) is 2.54. The molecule has 4 nitrogen and oxygen atoms in total. The molecule has 132 valence electrons. The molecule has 3 aromatic rings. The third-order valence-electron chi connectivity index (χ3n) is 3.88. The van der Waals surface area contributed by atoms with Crippen molar-refractivity contribution in [3.63, 3.8) is 0 Å². The fourth-order valence-electron chi connectivity index (χ4n) is 2.61. The molecule has 1 heterocycles. The SMILES string of the molecule is CC(=O)Nc1ccc(-c2ccc(=O)n(Cc3ccc(Cl)cc3F)c2)cc1. The molecule has 1 aromatic heterocycles. The molecule has 0 radical (unpaired) electrons. The van der Waals surface area contributed by atoms with Crippen LogP contribution in [-0.4, -0.2) is 10.5 Å². The first kappa shape index (κ1) is 17.9. The van der Waals surface area contributed by atoms with Gasteiger partial charge in [-0.2, -0.15) is 0 Å². The number of pyridine rings is 1. The predicted octanol–water partition coefficient (Wildman–Crippen LogP) is 4.31. The van der Waals surface area contributed by atoms with Crippen LogP contribution in [0.3, 0.4) is 0 Å². The molecule has 2 aromatic carbocycles. The van der Waals surface area contributed by atoms with E-state index in [9.17, 15) is 14.0 Å². The summed E-state index contributed by atoms with van der Waals surface area (Å²) in [6, 6.07) is 14.8. The molecule has 1 N–H and O–H groups in total. The van der Waals surface area contributed by atoms with Crippen molar-refractivity contribution in [3.8, 4) is 11.1 Å². The molecule has 0 fully saturated rings. The average Bonchev–Trinajstić information content (AvgIpc) is 2.59. The standard InChI is InChI=1S/C20H16ClFN2O2/c1-13(25)23-18-7-3-14(4-8-18)15-5-9-20(26)24(11-15)12-16-2-6-17(21)10-19(16)22/h2-11H,12H2,1H3,(H,23,25). The van der Waals surface area contributed by atoms with Gasteiger partial charge in [0.25, 0.3) is 5.56 Å². The van der Waals surface area contributed by atoms with Crippen molar-refractivity contribution in [1.29, 1.82) is 0 Å². The molecule has 0 bridgehead atoms. The van der Waals surface area contributed by atoms with Crippen molar-refractivity contribution >= 4 is 23.2 Å². The van der Waals surface area contributed by atoms with Gasteiger partial charge >= 0.3 is 0 Å². The summed E-state index contributed by atoms with van der Waals surface area (Å²) in [5.74, 6) is -0.592. The van der Waals surface area contributed by atoms with Gasteiger partial charge in [0.15, 0.2) is 0 Å². The molecule has 0 saturated carbocycles. The number of aromatic nitrogens is 1. The summed E-state index contributed by atoms with van der Waals surface area (Å²) < 4.78 is 15.5. The zero-order valence-electron chi connectivity index (χ0n) is 14.0. The minimum absolute atomic E-state index is 0.111. The molecule has 0 aliphatic heterocycles. The fourth-order valence-corrected chi connectivity index (χ4v) is 2.77. The maximum atomic E-state index is 14.0. The van der Waals surface area contributed by atoms with Crippen LogP contribution in [0.1, 0.15) is 12.5 Å². The molecule has 0 saturated heterocycles. The highest BCUT2D eigenvalue weighted by Gasteiger charge is 2.07. The van der Waals surface area contributed by atoms with E-state index in [-0.39, 0.29) is 18.0 Å². The minimum Gasteiger partial charge on any atom is -0.326 e. The normalized spacial score (nSPS) is 10.6. The lowest BCUT2D eigenvalue weighted by atomic mass is 10.1. The molecule has 3 rings (SSSR count). The van der Waals surface area contributed by atoms with Crippen molar-refractivity contribution in [3.05, 3.63) is 87.6 Å². The molecular formula is C20H16ClFN2O2. The number of anilines is 1. The van der Waals surface area contributed by atoms with E-state index in [0.717, 1.165) is 11.1 Å². The number of carbonyl (C=O) groups is 1. The molecular weight excluding hydrogens is 355 g/mol. The monoisotopic (exact) mass is 370 g/mol. The highest BCUT2D eigenvalue weighted by molar-refractivity contribution is 6.30. The van der Waals surface area contributed by atoms with Crippen LogP contribution in [0.25, 0.3) is 11.1 Å². The number of hydrogen-bond acceptors (Lipinski definition) is 2. The molecule has 26 heavy (non-hydrogen) atoms. The first-order valence-corrected chi connectivity index (χ1v) is 8.32. The van der Waals surface area contributed by atoms with Crippen LogP contribution < -0.4 is 10.9 Å². The summed E-state index contributed by atoms with van der Waals surface area (Å²) >= 11 is 5.77. The molecule has 0 unspecified atom stereocenters. The first-order chi connectivity index (χ1) is 12.4. The Morgan fingerprint density at radius 3 is 2.42 bits per heavy atom. The average molecular weight is 371 g/mol. The van der Waals surface area contributed by atoms with Crippen LogP contribution in [0.2, 0.25) is 5.02 Å². The third-order valence-corrected chi connectivity index (χ3v) is 4.11. The highest BCUT2D eigenvalue weighted by atomic mass is 35.5. The number of rotatable bonds is 4. The quantitative estimate of drug-likeness (QED) is 0.743. The van der Waals surface area contributed by atoms with Gasteiger partial charge in [-0.25, -0.2) is 4.39 Å². The van der Waals surface area contributed by atoms with Gasteiger partial charge in [0, 0.05) is 35.5 Å². The molecule has 0 aliphatic carbocycles. The highest BCUT2D eigenvalue weighted by Crippen LogP contribution is 2.21. The van der Waals surface area contributed by atoms with Crippen LogP contribution in [0, 0.1) is 5.82 Å². The Morgan fingerprint density at radius 1 is 1.08 bits per heavy atom. The lowest BCUT2D eigenvalue weighted by molar-refractivity contribution is -0.114. The van der Waals surface area contributed by atoms with E-state index in [2.05, 4.69) is 5.32 Å². The van der Waals surface area contributed by atoms with Crippen LogP contribution >= 0.6 is 11.6 Å². The maximum Gasteiger partial charge on any atom is 0.250 e. The van der Waals surface area contributed by atoms with E-state index in [4.69, 9.17) is 11.6 Å². The Labute approximate surface area is 154 Å². The second kappa shape index (κ2) is 7.54. The molecule has 6 heteroatoms. The van der Waals surface area contributed by atoms with Gasteiger partial charge in [0.1, 0.15) is 5.82 Å². The summed E-state index contributed by atoms with van der Waals surface area (Å²) in [7, 11) is 0. The van der Waals surface area contributed by atoms with Crippen LogP contribution in [0.15, 0.2) is 65.6 Å². The van der Waals surface area contributed by atoms with Crippen molar-refractivity contribution < 1.29 is 9.18 Å². The number of hydrogen-bond donors (Lipinski definition) is 1. The Balaban J connectivity index is 1.90. The van der Waals surface area contributed by atoms with Crippen molar-refractivity contribution in [2.45, 2.75) is 13.5 Å². The minimum atomic E-state index is -0.450. The predicted molar refractivity (Wildman–Crippen MR) is 101 cm³/mol. The largest absolute Gasteiger partial charge is 0.326 e.